The van der Waals surface area contributed by atoms with E-state index in [9.17, 15) is 17.4 Å². The third-order valence-corrected chi connectivity index (χ3v) is 6.85. The van der Waals surface area contributed by atoms with Crippen LogP contribution >= 0.6 is 11.6 Å². The number of nitrogens with two attached hydrogens (primary N) is 1. The van der Waals surface area contributed by atoms with E-state index >= 15 is 0 Å². The average Bonchev–Trinajstić information content (AvgIpc) is 2.67. The number of nitriles is 1. The van der Waals surface area contributed by atoms with Crippen LogP contribution in [0.25, 0.3) is 0 Å². The number of nitrogen functional groups attached to an aromatic ring is 1. The van der Waals surface area contributed by atoms with E-state index in [1.54, 1.807) is 35.4 Å². The quantitative estimate of drug-likeness (QED) is 0.444. The Morgan fingerprint density at radius 2 is 1.79 bits per heavy atom. The fraction of sp³-hybridized carbons (Fsp3) is 0.294. The summed E-state index contributed by atoms with van der Waals surface area (Å²) in [5, 5.41) is 8.77. The molecule has 0 saturated carbocycles. The summed E-state index contributed by atoms with van der Waals surface area (Å²) in [6, 6.07) is 7.90. The fourth-order valence-corrected chi connectivity index (χ4v) is 4.92. The minimum absolute atomic E-state index is 0.0840. The zero-order valence-corrected chi connectivity index (χ0v) is 16.5. The Morgan fingerprint density at radius 3 is 2.34 bits per heavy atom. The van der Waals surface area contributed by atoms with Gasteiger partial charge < -0.3 is 10.6 Å². The molecule has 29 heavy (non-hydrogen) atoms. The predicted octanol–water partition coefficient (Wildman–Crippen LogP) is 3.38. The molecular formula is C17H16ClF3N6OS. The average molecular weight is 445 g/mol. The van der Waals surface area contributed by atoms with Crippen LogP contribution in [0, 0.1) is 11.5 Å². The van der Waals surface area contributed by atoms with Gasteiger partial charge in [0.25, 0.3) is 0 Å². The third-order valence-electron chi connectivity index (χ3n) is 4.37. The molecule has 1 atom stereocenters. The first-order chi connectivity index (χ1) is 13.6. The number of hydrogen-bond acceptors (Lipinski definition) is 6. The Bertz CT molecular complexity index is 1050. The van der Waals surface area contributed by atoms with Crippen LogP contribution in [0.1, 0.15) is 5.56 Å². The van der Waals surface area contributed by atoms with E-state index in [1.165, 1.54) is 4.31 Å². The van der Waals surface area contributed by atoms with E-state index in [4.69, 9.17) is 22.6 Å². The molecule has 0 amide bonds. The van der Waals surface area contributed by atoms with Crippen LogP contribution in [0.4, 0.5) is 24.7 Å². The molecule has 1 fully saturated rings. The van der Waals surface area contributed by atoms with Gasteiger partial charge in [0.1, 0.15) is 11.0 Å². The maximum absolute atomic E-state index is 13.4. The maximum Gasteiger partial charge on any atom is 0.416 e. The number of anilines is 2. The molecule has 0 spiro atoms. The minimum atomic E-state index is -4.54. The highest BCUT2D eigenvalue weighted by atomic mass is 35.5. The summed E-state index contributed by atoms with van der Waals surface area (Å²) in [7, 11) is -3.19. The summed E-state index contributed by atoms with van der Waals surface area (Å²) in [5.41, 5.74) is 5.24. The number of nitrogens with zero attached hydrogens (tertiary/aromatic N) is 5. The summed E-state index contributed by atoms with van der Waals surface area (Å²) in [6.45, 7) is 0.864. The lowest BCUT2D eigenvalue weighted by Crippen LogP contribution is -2.48. The highest BCUT2D eigenvalue weighted by Crippen LogP contribution is 2.33. The molecule has 1 aromatic heterocycles. The second-order valence-electron chi connectivity index (χ2n) is 6.21. The summed E-state index contributed by atoms with van der Waals surface area (Å²) in [4.78, 5) is 5.93. The second kappa shape index (κ2) is 8.06. The molecule has 7 nitrogen and oxygen atoms in total. The van der Waals surface area contributed by atoms with Crippen molar-refractivity contribution in [1.82, 2.24) is 9.29 Å². The monoisotopic (exact) mass is 444 g/mol. The first-order valence-electron chi connectivity index (χ1n) is 8.39. The van der Waals surface area contributed by atoms with Crippen molar-refractivity contribution in [3.63, 3.8) is 0 Å². The molecule has 0 bridgehead atoms. The lowest BCUT2D eigenvalue weighted by molar-refractivity contribution is -0.137. The van der Waals surface area contributed by atoms with Crippen LogP contribution in [0.3, 0.4) is 0 Å². The van der Waals surface area contributed by atoms with Crippen molar-refractivity contribution in [2.24, 2.45) is 4.36 Å². The SMILES string of the molecule is N#CN=S(=O)(c1ccc(N)cc1)N1CCN(c2cc(C(F)(F)F)cc(Cl)n2)CC1. The number of benzene rings is 1. The zero-order chi connectivity index (χ0) is 21.2. The summed E-state index contributed by atoms with van der Waals surface area (Å²) < 4.78 is 57.7. The third kappa shape index (κ3) is 4.55. The first kappa shape index (κ1) is 21.2. The Hall–Kier alpha value is -2.55. The Labute approximate surface area is 170 Å². The van der Waals surface area contributed by atoms with Gasteiger partial charge in [-0.05, 0) is 36.4 Å². The van der Waals surface area contributed by atoms with Gasteiger partial charge in [0.15, 0.2) is 9.92 Å². The van der Waals surface area contributed by atoms with E-state index in [1.807, 2.05) is 0 Å². The van der Waals surface area contributed by atoms with E-state index in [0.717, 1.165) is 12.1 Å². The van der Waals surface area contributed by atoms with Crippen LogP contribution in [-0.4, -0.2) is 39.7 Å². The molecule has 1 aliphatic rings. The molecule has 1 unspecified atom stereocenters. The van der Waals surface area contributed by atoms with Gasteiger partial charge >= 0.3 is 6.18 Å². The second-order valence-corrected chi connectivity index (χ2v) is 8.76. The van der Waals surface area contributed by atoms with Crippen molar-refractivity contribution < 1.29 is 17.4 Å². The molecule has 12 heteroatoms. The minimum Gasteiger partial charge on any atom is -0.399 e. The van der Waals surface area contributed by atoms with Gasteiger partial charge in [-0.25, -0.2) is 13.5 Å². The van der Waals surface area contributed by atoms with Crippen molar-refractivity contribution in [3.8, 4) is 6.19 Å². The van der Waals surface area contributed by atoms with Gasteiger partial charge in [0.2, 0.25) is 6.19 Å². The largest absolute Gasteiger partial charge is 0.416 e. The number of pyridine rings is 1. The highest BCUT2D eigenvalue weighted by molar-refractivity contribution is 7.91. The normalized spacial score (nSPS) is 17.4. The molecule has 154 valence electrons. The number of alkyl halides is 3. The molecule has 2 N–H and O–H groups in total. The number of aromatic nitrogens is 1. The predicted molar refractivity (Wildman–Crippen MR) is 103 cm³/mol. The van der Waals surface area contributed by atoms with E-state index < -0.39 is 21.7 Å². The van der Waals surface area contributed by atoms with Crippen molar-refractivity contribution >= 4 is 33.0 Å². The number of piperazine rings is 1. The van der Waals surface area contributed by atoms with Crippen molar-refractivity contribution in [2.45, 2.75) is 11.1 Å². The van der Waals surface area contributed by atoms with E-state index in [2.05, 4.69) is 9.35 Å². The Morgan fingerprint density at radius 1 is 1.17 bits per heavy atom. The molecule has 2 aromatic rings. The lowest BCUT2D eigenvalue weighted by Gasteiger charge is -2.36. The standard InChI is InChI=1S/C17H16ClF3N6OS/c18-15-9-12(17(19,20)21)10-16(25-15)26-5-7-27(8-6-26)29(28,24-11-22)14-3-1-13(23)2-4-14/h1-4,9-10H,5-8,23H2. The molecule has 1 saturated heterocycles. The Balaban J connectivity index is 1.84. The van der Waals surface area contributed by atoms with Crippen LogP contribution in [0.5, 0.6) is 0 Å². The van der Waals surface area contributed by atoms with E-state index in [-0.39, 0.29) is 37.1 Å². The summed E-state index contributed by atoms with van der Waals surface area (Å²) in [6.07, 6.45) is -2.94. The summed E-state index contributed by atoms with van der Waals surface area (Å²) >= 11 is 5.76. The number of hydrogen-bond donors (Lipinski definition) is 1. The van der Waals surface area contributed by atoms with Gasteiger partial charge in [-0.3, -0.25) is 0 Å². The number of halogens is 4. The molecule has 0 radical (unpaired) electrons. The molecule has 1 aromatic carbocycles. The Kier molecular flexibility index (Phi) is 5.88. The van der Waals surface area contributed by atoms with E-state index in [0.29, 0.717) is 10.6 Å². The first-order valence-corrected chi connectivity index (χ1v) is 10.2. The van der Waals surface area contributed by atoms with Crippen LogP contribution in [0.2, 0.25) is 5.15 Å². The van der Waals surface area contributed by atoms with Crippen LogP contribution in [-0.2, 0) is 16.1 Å². The van der Waals surface area contributed by atoms with Gasteiger partial charge in [-0.15, -0.1) is 4.36 Å². The number of rotatable bonds is 3. The molecule has 1 aliphatic heterocycles. The van der Waals surface area contributed by atoms with Crippen LogP contribution in [0.15, 0.2) is 45.7 Å². The van der Waals surface area contributed by atoms with Gasteiger partial charge in [0.05, 0.1) is 10.5 Å². The smallest absolute Gasteiger partial charge is 0.399 e. The maximum atomic E-state index is 13.4. The van der Waals surface area contributed by atoms with Gasteiger partial charge in [0, 0.05) is 31.9 Å². The topological polar surface area (TPSA) is 98.6 Å². The lowest BCUT2D eigenvalue weighted by atomic mass is 10.2. The van der Waals surface area contributed by atoms with Crippen molar-refractivity contribution in [1.29, 1.82) is 5.26 Å². The van der Waals surface area contributed by atoms with Gasteiger partial charge in [-0.2, -0.15) is 18.4 Å². The van der Waals surface area contributed by atoms with Crippen molar-refractivity contribution in [2.75, 3.05) is 36.8 Å². The molecule has 0 aliphatic carbocycles. The molecule has 3 rings (SSSR count). The molecule has 2 heterocycles. The van der Waals surface area contributed by atoms with Crippen molar-refractivity contribution in [3.05, 3.63) is 47.1 Å². The molecular weight excluding hydrogens is 429 g/mol. The highest BCUT2D eigenvalue weighted by Gasteiger charge is 2.33. The fourth-order valence-electron chi connectivity index (χ4n) is 2.93. The zero-order valence-electron chi connectivity index (χ0n) is 14.9. The van der Waals surface area contributed by atoms with Crippen LogP contribution < -0.4 is 10.6 Å². The summed E-state index contributed by atoms with van der Waals surface area (Å²) in [5.74, 6) is 0.0840. The van der Waals surface area contributed by atoms with Gasteiger partial charge in [-0.1, -0.05) is 11.6 Å².